The van der Waals surface area contributed by atoms with E-state index in [-0.39, 0.29) is 11.9 Å². The number of benzene rings is 1. The summed E-state index contributed by atoms with van der Waals surface area (Å²) in [5.41, 5.74) is 1.89. The molecule has 0 saturated heterocycles. The minimum Gasteiger partial charge on any atom is -0.382 e. The van der Waals surface area contributed by atoms with Gasteiger partial charge in [-0.15, -0.1) is 0 Å². The Labute approximate surface area is 135 Å². The minimum absolute atomic E-state index is 0.0185. The molecule has 0 radical (unpaired) electrons. The molecule has 5 heteroatoms. The van der Waals surface area contributed by atoms with E-state index in [1.54, 1.807) is 31.5 Å². The third-order valence-corrected chi connectivity index (χ3v) is 3.77. The summed E-state index contributed by atoms with van der Waals surface area (Å²) < 4.78 is 5.27. The summed E-state index contributed by atoms with van der Waals surface area (Å²) in [6, 6.07) is 11.0. The molecule has 2 aromatic rings. The molecule has 0 aliphatic rings. The largest absolute Gasteiger partial charge is 0.382 e. The first-order valence-corrected chi connectivity index (χ1v) is 7.38. The van der Waals surface area contributed by atoms with Crippen LogP contribution in [0.25, 0.3) is 0 Å². The van der Waals surface area contributed by atoms with Crippen molar-refractivity contribution in [3.63, 3.8) is 0 Å². The molecule has 1 heterocycles. The topological polar surface area (TPSA) is 42.4 Å². The number of rotatable bonds is 6. The highest BCUT2D eigenvalue weighted by Crippen LogP contribution is 2.22. The lowest BCUT2D eigenvalue weighted by Crippen LogP contribution is -2.34. The number of nitrogens with zero attached hydrogens (tertiary/aromatic N) is 2. The maximum atomic E-state index is 12.5. The Morgan fingerprint density at radius 1 is 1.32 bits per heavy atom. The predicted octanol–water partition coefficient (Wildman–Crippen LogP) is 3.12. The van der Waals surface area contributed by atoms with Crippen LogP contribution in [0.2, 0.25) is 5.02 Å². The lowest BCUT2D eigenvalue weighted by atomic mass is 10.1. The summed E-state index contributed by atoms with van der Waals surface area (Å²) in [7, 11) is 3.42. The first-order valence-electron chi connectivity index (χ1n) is 7.00. The van der Waals surface area contributed by atoms with Crippen LogP contribution in [0.15, 0.2) is 48.8 Å². The average molecular weight is 319 g/mol. The van der Waals surface area contributed by atoms with Crippen molar-refractivity contribution in [3.05, 3.63) is 64.9 Å². The average Bonchev–Trinajstić information content (AvgIpc) is 2.54. The Bertz CT molecular complexity index is 602. The Balaban J connectivity index is 2.13. The van der Waals surface area contributed by atoms with Crippen molar-refractivity contribution in [1.82, 2.24) is 9.88 Å². The first kappa shape index (κ1) is 16.5. The molecule has 0 saturated carbocycles. The van der Waals surface area contributed by atoms with Crippen LogP contribution in [0, 0.1) is 0 Å². The molecule has 4 nitrogen and oxygen atoms in total. The molecule has 0 bridgehead atoms. The highest BCUT2D eigenvalue weighted by molar-refractivity contribution is 6.30. The Morgan fingerprint density at radius 3 is 2.64 bits per heavy atom. The van der Waals surface area contributed by atoms with Crippen LogP contribution in [-0.2, 0) is 16.0 Å². The fourth-order valence-electron chi connectivity index (χ4n) is 2.25. The van der Waals surface area contributed by atoms with Crippen LogP contribution in [0.3, 0.4) is 0 Å². The van der Waals surface area contributed by atoms with E-state index in [9.17, 15) is 4.79 Å². The van der Waals surface area contributed by atoms with Crippen LogP contribution in [0.5, 0.6) is 0 Å². The van der Waals surface area contributed by atoms with Gasteiger partial charge in [0.05, 0.1) is 19.1 Å². The van der Waals surface area contributed by atoms with E-state index >= 15 is 0 Å². The predicted molar refractivity (Wildman–Crippen MR) is 86.8 cm³/mol. The second-order valence-electron chi connectivity index (χ2n) is 5.07. The normalized spacial score (nSPS) is 12.0. The number of halogens is 1. The van der Waals surface area contributed by atoms with Gasteiger partial charge in [0.1, 0.15) is 0 Å². The van der Waals surface area contributed by atoms with Crippen molar-refractivity contribution in [3.8, 4) is 0 Å². The number of carbonyl (C=O) groups excluding carboxylic acids is 1. The molecule has 0 N–H and O–H groups in total. The van der Waals surface area contributed by atoms with Gasteiger partial charge in [-0.2, -0.15) is 0 Å². The maximum Gasteiger partial charge on any atom is 0.227 e. The number of likely N-dealkylation sites (N-methyl/N-ethyl adjacent to an activating group) is 1. The maximum absolute atomic E-state index is 12.5. The number of ether oxygens (including phenoxy) is 1. The summed E-state index contributed by atoms with van der Waals surface area (Å²) in [5.74, 6) is 0.0185. The standard InChI is InChI=1S/C17H19ClN2O2/c1-20(17(21)10-13-4-3-9-19-11-13)16(12-22-2)14-5-7-15(18)8-6-14/h3-9,11,16H,10,12H2,1-2H3/t16-/m0/s1. The van der Waals surface area contributed by atoms with Gasteiger partial charge < -0.3 is 9.64 Å². The highest BCUT2D eigenvalue weighted by Gasteiger charge is 2.21. The number of pyridine rings is 1. The Morgan fingerprint density at radius 2 is 2.05 bits per heavy atom. The van der Waals surface area contributed by atoms with Crippen molar-refractivity contribution in [2.24, 2.45) is 0 Å². The van der Waals surface area contributed by atoms with E-state index in [4.69, 9.17) is 16.3 Å². The molecule has 22 heavy (non-hydrogen) atoms. The summed E-state index contributed by atoms with van der Waals surface area (Å²) >= 11 is 5.92. The summed E-state index contributed by atoms with van der Waals surface area (Å²) in [6.45, 7) is 0.427. The van der Waals surface area contributed by atoms with E-state index in [2.05, 4.69) is 4.98 Å². The molecule has 2 rings (SSSR count). The number of carbonyl (C=O) groups is 1. The molecule has 0 fully saturated rings. The van der Waals surface area contributed by atoms with Crippen molar-refractivity contribution in [2.45, 2.75) is 12.5 Å². The summed E-state index contributed by atoms with van der Waals surface area (Å²) in [6.07, 6.45) is 3.72. The zero-order valence-corrected chi connectivity index (χ0v) is 13.5. The molecule has 0 aliphatic carbocycles. The van der Waals surface area contributed by atoms with E-state index in [0.29, 0.717) is 18.1 Å². The van der Waals surface area contributed by atoms with E-state index in [1.165, 1.54) is 0 Å². The fourth-order valence-corrected chi connectivity index (χ4v) is 2.38. The quantitative estimate of drug-likeness (QED) is 0.822. The molecule has 1 amide bonds. The van der Waals surface area contributed by atoms with Crippen molar-refractivity contribution in [1.29, 1.82) is 0 Å². The van der Waals surface area contributed by atoms with Gasteiger partial charge in [0.25, 0.3) is 0 Å². The zero-order chi connectivity index (χ0) is 15.9. The van der Waals surface area contributed by atoms with Crippen molar-refractivity contribution in [2.75, 3.05) is 20.8 Å². The Kier molecular flexibility index (Phi) is 5.92. The number of hydrogen-bond donors (Lipinski definition) is 0. The van der Waals surface area contributed by atoms with Crippen molar-refractivity contribution < 1.29 is 9.53 Å². The van der Waals surface area contributed by atoms with E-state index < -0.39 is 0 Å². The Hall–Kier alpha value is -1.91. The second-order valence-corrected chi connectivity index (χ2v) is 5.50. The van der Waals surface area contributed by atoms with Crippen LogP contribution in [-0.4, -0.2) is 36.6 Å². The van der Waals surface area contributed by atoms with Gasteiger partial charge in [-0.3, -0.25) is 9.78 Å². The van der Waals surface area contributed by atoms with Gasteiger partial charge in [0, 0.05) is 31.6 Å². The third-order valence-electron chi connectivity index (χ3n) is 3.52. The van der Waals surface area contributed by atoms with Crippen LogP contribution in [0.4, 0.5) is 0 Å². The van der Waals surface area contributed by atoms with Crippen LogP contribution >= 0.6 is 11.6 Å². The molecule has 116 valence electrons. The molecule has 0 spiro atoms. The van der Waals surface area contributed by atoms with Gasteiger partial charge in [-0.05, 0) is 29.3 Å². The summed E-state index contributed by atoms with van der Waals surface area (Å²) in [5, 5.41) is 0.671. The molecule has 1 aromatic heterocycles. The fraction of sp³-hybridized carbons (Fsp3) is 0.294. The second kappa shape index (κ2) is 7.92. The third kappa shape index (κ3) is 4.29. The smallest absolute Gasteiger partial charge is 0.227 e. The zero-order valence-electron chi connectivity index (χ0n) is 12.7. The number of aromatic nitrogens is 1. The highest BCUT2D eigenvalue weighted by atomic mass is 35.5. The molecule has 0 unspecified atom stereocenters. The minimum atomic E-state index is -0.147. The molecule has 0 aliphatic heterocycles. The van der Waals surface area contributed by atoms with Gasteiger partial charge in [0.2, 0.25) is 5.91 Å². The van der Waals surface area contributed by atoms with Crippen LogP contribution in [0.1, 0.15) is 17.2 Å². The van der Waals surface area contributed by atoms with Gasteiger partial charge in [-0.25, -0.2) is 0 Å². The number of amides is 1. The molecule has 1 aromatic carbocycles. The number of methoxy groups -OCH3 is 1. The van der Waals surface area contributed by atoms with E-state index in [0.717, 1.165) is 11.1 Å². The molecular formula is C17H19ClN2O2. The van der Waals surface area contributed by atoms with Gasteiger partial charge >= 0.3 is 0 Å². The van der Waals surface area contributed by atoms with Crippen LogP contribution < -0.4 is 0 Å². The van der Waals surface area contributed by atoms with Crippen molar-refractivity contribution >= 4 is 17.5 Å². The van der Waals surface area contributed by atoms with Gasteiger partial charge in [0.15, 0.2) is 0 Å². The SMILES string of the molecule is COC[C@@H](c1ccc(Cl)cc1)N(C)C(=O)Cc1cccnc1. The molecule has 1 atom stereocenters. The summed E-state index contributed by atoms with van der Waals surface area (Å²) in [4.78, 5) is 18.2. The monoisotopic (exact) mass is 318 g/mol. The number of hydrogen-bond acceptors (Lipinski definition) is 3. The lowest BCUT2D eigenvalue weighted by molar-refractivity contribution is -0.132. The molecular weight excluding hydrogens is 300 g/mol. The first-order chi connectivity index (χ1) is 10.6. The lowest BCUT2D eigenvalue weighted by Gasteiger charge is -2.28. The van der Waals surface area contributed by atoms with E-state index in [1.807, 2.05) is 36.4 Å². The van der Waals surface area contributed by atoms with Gasteiger partial charge in [-0.1, -0.05) is 29.8 Å².